The summed E-state index contributed by atoms with van der Waals surface area (Å²) in [6, 6.07) is 11.0. The molecule has 1 amide bonds. The number of benzene rings is 1. The van der Waals surface area contributed by atoms with Crippen LogP contribution in [-0.4, -0.2) is 36.5 Å². The number of amides is 1. The summed E-state index contributed by atoms with van der Waals surface area (Å²) in [4.78, 5) is 15.5. The molecule has 0 saturated heterocycles. The maximum absolute atomic E-state index is 12.9. The van der Waals surface area contributed by atoms with Gasteiger partial charge in [-0.25, -0.2) is 0 Å². The van der Waals surface area contributed by atoms with E-state index >= 15 is 0 Å². The summed E-state index contributed by atoms with van der Waals surface area (Å²) in [6.07, 6.45) is 15.9. The van der Waals surface area contributed by atoms with Gasteiger partial charge in [-0.3, -0.25) is 4.79 Å². The topological polar surface area (TPSA) is 32.3 Å². The molecule has 0 aliphatic heterocycles. The zero-order valence-corrected chi connectivity index (χ0v) is 23.4. The van der Waals surface area contributed by atoms with E-state index in [4.69, 9.17) is 0 Å². The lowest BCUT2D eigenvalue weighted by Crippen LogP contribution is -2.41. The summed E-state index contributed by atoms with van der Waals surface area (Å²) in [5.41, 5.74) is 2.15. The van der Waals surface area contributed by atoms with Crippen LogP contribution in [0.15, 0.2) is 60.2 Å². The third-order valence-electron chi connectivity index (χ3n) is 6.19. The van der Waals surface area contributed by atoms with E-state index in [1.807, 2.05) is 53.7 Å². The molecule has 1 fully saturated rings. The second-order valence-corrected chi connectivity index (χ2v) is 8.64. The molecule has 192 valence electrons. The van der Waals surface area contributed by atoms with Gasteiger partial charge in [0.25, 0.3) is 0 Å². The molecule has 3 heteroatoms. The van der Waals surface area contributed by atoms with Gasteiger partial charge >= 0.3 is 0 Å². The Hall–Kier alpha value is -2.13. The van der Waals surface area contributed by atoms with Crippen molar-refractivity contribution < 1.29 is 4.79 Å². The van der Waals surface area contributed by atoms with Crippen LogP contribution in [0.25, 0.3) is 6.08 Å². The summed E-state index contributed by atoms with van der Waals surface area (Å²) >= 11 is 0. The second kappa shape index (κ2) is 19.2. The zero-order chi connectivity index (χ0) is 25.8. The first-order chi connectivity index (χ1) is 16.5. The van der Waals surface area contributed by atoms with Gasteiger partial charge in [-0.15, -0.1) is 0 Å². The van der Waals surface area contributed by atoms with Crippen LogP contribution in [0, 0.1) is 5.41 Å². The van der Waals surface area contributed by atoms with Crippen molar-refractivity contribution in [2.45, 2.75) is 93.5 Å². The normalized spacial score (nSPS) is 20.1. The highest BCUT2D eigenvalue weighted by Gasteiger charge is 2.42. The van der Waals surface area contributed by atoms with Crippen molar-refractivity contribution in [3.8, 4) is 0 Å². The first kappa shape index (κ1) is 31.9. The van der Waals surface area contributed by atoms with Crippen LogP contribution < -0.4 is 5.32 Å². The summed E-state index contributed by atoms with van der Waals surface area (Å²) < 4.78 is 0. The molecule has 0 spiro atoms. The molecule has 0 heterocycles. The highest BCUT2D eigenvalue weighted by molar-refractivity contribution is 5.83. The van der Waals surface area contributed by atoms with Crippen LogP contribution in [-0.2, 0) is 4.79 Å². The third kappa shape index (κ3) is 11.3. The van der Waals surface area contributed by atoms with Gasteiger partial charge in [0, 0.05) is 24.5 Å². The van der Waals surface area contributed by atoms with Crippen molar-refractivity contribution in [2.24, 2.45) is 5.41 Å². The fraction of sp³-hybridized carbons (Fsp3) is 0.581. The quantitative estimate of drug-likeness (QED) is 0.333. The minimum atomic E-state index is -0.259. The maximum Gasteiger partial charge on any atom is 0.226 e. The third-order valence-corrected chi connectivity index (χ3v) is 6.19. The highest BCUT2D eigenvalue weighted by Crippen LogP contribution is 2.40. The maximum atomic E-state index is 12.9. The predicted octanol–water partition coefficient (Wildman–Crippen LogP) is 8.05. The molecule has 3 nitrogen and oxygen atoms in total. The van der Waals surface area contributed by atoms with Gasteiger partial charge in [0.15, 0.2) is 0 Å². The molecular weight excluding hydrogens is 416 g/mol. The second-order valence-electron chi connectivity index (χ2n) is 8.64. The Bertz CT molecular complexity index is 735. The average molecular weight is 469 g/mol. The van der Waals surface area contributed by atoms with Crippen LogP contribution in [0.4, 0.5) is 0 Å². The Morgan fingerprint density at radius 3 is 2.38 bits per heavy atom. The lowest BCUT2D eigenvalue weighted by molar-refractivity contribution is -0.129. The standard InChI is InChI=1S/C27H40N2O.2C2H6/c1-5-13-23(7-3)22-28-26(30)27(4)18-17-25(21-27)29(19-6-2)20-12-11-16-24-14-9-8-10-15-24;2*1-2/h5,7-11,13-16,25H,6,12,17-22H2,1-4H3,(H,28,30);2*1-2H3/b13-5-,16-11-,23-7+;;. The molecule has 1 aliphatic rings. The number of hydrogen-bond acceptors (Lipinski definition) is 2. The molecule has 1 saturated carbocycles. The van der Waals surface area contributed by atoms with E-state index in [1.165, 1.54) is 5.56 Å². The highest BCUT2D eigenvalue weighted by atomic mass is 16.2. The van der Waals surface area contributed by atoms with Gasteiger partial charge in [0.2, 0.25) is 5.91 Å². The van der Waals surface area contributed by atoms with Crippen molar-refractivity contribution in [1.29, 1.82) is 0 Å². The first-order valence-corrected chi connectivity index (χ1v) is 13.5. The largest absolute Gasteiger partial charge is 0.352 e. The number of nitrogens with zero attached hydrogens (tertiary/aromatic N) is 1. The Kier molecular flexibility index (Phi) is 18.0. The first-order valence-electron chi connectivity index (χ1n) is 13.5. The molecule has 0 bridgehead atoms. The van der Waals surface area contributed by atoms with E-state index in [1.54, 1.807) is 0 Å². The van der Waals surface area contributed by atoms with Gasteiger partial charge in [0.05, 0.1) is 0 Å². The molecule has 2 unspecified atom stereocenters. The molecule has 1 aromatic carbocycles. The van der Waals surface area contributed by atoms with Gasteiger partial charge in [-0.2, -0.15) is 0 Å². The summed E-state index contributed by atoms with van der Waals surface area (Å²) in [5.74, 6) is 0.203. The number of nitrogens with one attached hydrogen (secondary N) is 1. The molecule has 0 radical (unpaired) electrons. The zero-order valence-electron chi connectivity index (χ0n) is 23.4. The van der Waals surface area contributed by atoms with Crippen molar-refractivity contribution in [3.63, 3.8) is 0 Å². The molecule has 0 aromatic heterocycles. The molecule has 2 atom stereocenters. The number of allylic oxidation sites excluding steroid dienone is 2. The van der Waals surface area contributed by atoms with E-state index < -0.39 is 0 Å². The van der Waals surface area contributed by atoms with E-state index in [-0.39, 0.29) is 11.3 Å². The molecule has 2 rings (SSSR count). The van der Waals surface area contributed by atoms with Crippen molar-refractivity contribution in [3.05, 3.63) is 65.8 Å². The lowest BCUT2D eigenvalue weighted by Gasteiger charge is -2.30. The van der Waals surface area contributed by atoms with Gasteiger partial charge in [0.1, 0.15) is 0 Å². The minimum Gasteiger partial charge on any atom is -0.352 e. The Balaban J connectivity index is 0.00000258. The van der Waals surface area contributed by atoms with Crippen LogP contribution in [0.5, 0.6) is 0 Å². The number of hydrogen-bond donors (Lipinski definition) is 1. The number of carbonyl (C=O) groups excluding carboxylic acids is 1. The smallest absolute Gasteiger partial charge is 0.226 e. The van der Waals surface area contributed by atoms with Gasteiger partial charge in [-0.1, -0.05) is 102 Å². The summed E-state index contributed by atoms with van der Waals surface area (Å²) in [5, 5.41) is 3.17. The average Bonchev–Trinajstić information content (AvgIpc) is 3.29. The lowest BCUT2D eigenvalue weighted by atomic mass is 9.87. The fourth-order valence-corrected chi connectivity index (χ4v) is 4.38. The van der Waals surface area contributed by atoms with Crippen molar-refractivity contribution >= 4 is 12.0 Å². The minimum absolute atomic E-state index is 0.203. The van der Waals surface area contributed by atoms with Gasteiger partial charge < -0.3 is 10.2 Å². The predicted molar refractivity (Wildman–Crippen MR) is 152 cm³/mol. The Labute approximate surface area is 211 Å². The molecule has 34 heavy (non-hydrogen) atoms. The van der Waals surface area contributed by atoms with Crippen molar-refractivity contribution in [1.82, 2.24) is 10.2 Å². The van der Waals surface area contributed by atoms with Crippen LogP contribution in [0.1, 0.15) is 93.1 Å². The van der Waals surface area contributed by atoms with E-state index in [2.05, 4.69) is 72.6 Å². The van der Waals surface area contributed by atoms with Crippen LogP contribution >= 0.6 is 0 Å². The SMILES string of the molecule is C/C=C\C(=C/C)CNC(=O)C1(C)CCC(N(CCC)CC/C=C\c2ccccc2)C1.CC.CC. The molecule has 1 N–H and O–H groups in total. The van der Waals surface area contributed by atoms with Crippen LogP contribution in [0.2, 0.25) is 0 Å². The van der Waals surface area contributed by atoms with E-state index in [0.717, 1.165) is 50.8 Å². The Morgan fingerprint density at radius 1 is 1.12 bits per heavy atom. The van der Waals surface area contributed by atoms with Crippen LogP contribution in [0.3, 0.4) is 0 Å². The Morgan fingerprint density at radius 2 is 1.79 bits per heavy atom. The molecule has 1 aromatic rings. The number of carbonyl (C=O) groups is 1. The molecular formula is C31H52N2O. The summed E-state index contributed by atoms with van der Waals surface area (Å²) in [7, 11) is 0. The molecule has 1 aliphatic carbocycles. The van der Waals surface area contributed by atoms with E-state index in [0.29, 0.717) is 12.6 Å². The van der Waals surface area contributed by atoms with Gasteiger partial charge in [-0.05, 0) is 63.6 Å². The summed E-state index contributed by atoms with van der Waals surface area (Å²) in [6.45, 7) is 19.2. The van der Waals surface area contributed by atoms with E-state index in [9.17, 15) is 4.79 Å². The van der Waals surface area contributed by atoms with Crippen molar-refractivity contribution in [2.75, 3.05) is 19.6 Å². The number of rotatable bonds is 11. The fourth-order valence-electron chi connectivity index (χ4n) is 4.38. The monoisotopic (exact) mass is 468 g/mol.